The molecule has 1 heterocycles. The summed E-state index contributed by atoms with van der Waals surface area (Å²) in [7, 11) is 0. The van der Waals surface area contributed by atoms with Crippen LogP contribution < -0.4 is 5.32 Å². The van der Waals surface area contributed by atoms with Crippen LogP contribution in [0.4, 0.5) is 0 Å². The molecule has 1 rings (SSSR count). The fourth-order valence-corrected chi connectivity index (χ4v) is 1.71. The van der Waals surface area contributed by atoms with Gasteiger partial charge in [0, 0.05) is 12.5 Å². The van der Waals surface area contributed by atoms with Crippen molar-refractivity contribution in [2.45, 2.75) is 44.2 Å². The lowest BCUT2D eigenvalue weighted by Gasteiger charge is -2.28. The lowest BCUT2D eigenvalue weighted by atomic mass is 9.96. The molecule has 1 saturated heterocycles. The first-order valence-electron chi connectivity index (χ1n) is 4.66. The summed E-state index contributed by atoms with van der Waals surface area (Å²) in [6, 6.07) is -0.203. The van der Waals surface area contributed by atoms with Gasteiger partial charge in [0.1, 0.15) is 12.3 Å². The predicted molar refractivity (Wildman–Crippen MR) is 47.5 cm³/mol. The summed E-state index contributed by atoms with van der Waals surface area (Å²) in [5.41, 5.74) is 0. The van der Waals surface area contributed by atoms with Crippen molar-refractivity contribution in [3.05, 3.63) is 0 Å². The summed E-state index contributed by atoms with van der Waals surface area (Å²) >= 11 is 0. The van der Waals surface area contributed by atoms with Crippen molar-refractivity contribution in [1.29, 1.82) is 0 Å². The molecule has 0 amide bonds. The van der Waals surface area contributed by atoms with E-state index in [9.17, 15) is 9.59 Å². The normalized spacial score (nSPS) is 28.3. The van der Waals surface area contributed by atoms with Gasteiger partial charge in [0.05, 0.1) is 0 Å². The van der Waals surface area contributed by atoms with Crippen LogP contribution in [-0.2, 0) is 9.59 Å². The zero-order chi connectivity index (χ0) is 9.68. The molecule has 1 unspecified atom stereocenters. The van der Waals surface area contributed by atoms with Crippen LogP contribution in [0.2, 0.25) is 0 Å². The molecule has 74 valence electrons. The van der Waals surface area contributed by atoms with Gasteiger partial charge in [-0.15, -0.1) is 0 Å². The highest BCUT2D eigenvalue weighted by Crippen LogP contribution is 2.15. The molecular formula is C9H15NO3. The fourth-order valence-electron chi connectivity index (χ4n) is 1.71. The minimum Gasteiger partial charge on any atom is -0.480 e. The highest BCUT2D eigenvalue weighted by Gasteiger charge is 2.25. The second-order valence-corrected chi connectivity index (χ2v) is 3.43. The van der Waals surface area contributed by atoms with Gasteiger partial charge in [-0.3, -0.25) is 4.79 Å². The Hall–Kier alpha value is -0.900. The van der Waals surface area contributed by atoms with Crippen molar-refractivity contribution in [2.75, 3.05) is 0 Å². The predicted octanol–water partition coefficient (Wildman–Crippen LogP) is 0.561. The first kappa shape index (κ1) is 10.2. The van der Waals surface area contributed by atoms with E-state index in [0.717, 1.165) is 25.5 Å². The molecule has 0 aromatic rings. The zero-order valence-electron chi connectivity index (χ0n) is 7.53. The van der Waals surface area contributed by atoms with E-state index in [1.54, 1.807) is 0 Å². The number of carboxylic acids is 1. The Bertz CT molecular complexity index is 193. The molecule has 4 heteroatoms. The second-order valence-electron chi connectivity index (χ2n) is 3.43. The number of rotatable bonds is 4. The van der Waals surface area contributed by atoms with E-state index in [-0.39, 0.29) is 6.04 Å². The molecule has 1 fully saturated rings. The monoisotopic (exact) mass is 185 g/mol. The zero-order valence-corrected chi connectivity index (χ0v) is 7.53. The van der Waals surface area contributed by atoms with E-state index in [0.29, 0.717) is 12.8 Å². The molecule has 0 aromatic heterocycles. The van der Waals surface area contributed by atoms with Crippen molar-refractivity contribution in [2.24, 2.45) is 0 Å². The van der Waals surface area contributed by atoms with Crippen LogP contribution in [0.25, 0.3) is 0 Å². The summed E-state index contributed by atoms with van der Waals surface area (Å²) in [6.45, 7) is 0. The fraction of sp³-hybridized carbons (Fsp3) is 0.778. The Morgan fingerprint density at radius 3 is 2.92 bits per heavy atom. The van der Waals surface area contributed by atoms with Crippen molar-refractivity contribution in [3.8, 4) is 0 Å². The maximum absolute atomic E-state index is 10.6. The number of carbonyl (C=O) groups is 2. The molecule has 0 radical (unpaired) electrons. The van der Waals surface area contributed by atoms with Crippen LogP contribution in [0.5, 0.6) is 0 Å². The number of aldehydes is 1. The highest BCUT2D eigenvalue weighted by atomic mass is 16.4. The van der Waals surface area contributed by atoms with E-state index in [1.165, 1.54) is 0 Å². The summed E-state index contributed by atoms with van der Waals surface area (Å²) in [5.74, 6) is -0.782. The van der Waals surface area contributed by atoms with Crippen LogP contribution in [0, 0.1) is 0 Å². The van der Waals surface area contributed by atoms with Gasteiger partial charge in [-0.1, -0.05) is 0 Å². The number of nitrogens with one attached hydrogen (secondary N) is 1. The third-order valence-electron chi connectivity index (χ3n) is 2.41. The molecule has 0 saturated carbocycles. The van der Waals surface area contributed by atoms with Gasteiger partial charge in [0.25, 0.3) is 0 Å². The van der Waals surface area contributed by atoms with Gasteiger partial charge in [-0.25, -0.2) is 0 Å². The van der Waals surface area contributed by atoms with E-state index in [1.807, 2.05) is 0 Å². The van der Waals surface area contributed by atoms with Crippen molar-refractivity contribution in [3.63, 3.8) is 0 Å². The van der Waals surface area contributed by atoms with E-state index < -0.39 is 12.0 Å². The lowest BCUT2D eigenvalue weighted by Crippen LogP contribution is -2.46. The average Bonchev–Trinajstić information content (AvgIpc) is 2.15. The molecule has 1 aliphatic rings. The Labute approximate surface area is 77.3 Å². The van der Waals surface area contributed by atoms with Crippen molar-refractivity contribution < 1.29 is 14.7 Å². The van der Waals surface area contributed by atoms with Gasteiger partial charge in [-0.05, 0) is 25.7 Å². The summed E-state index contributed by atoms with van der Waals surface area (Å²) < 4.78 is 0. The van der Waals surface area contributed by atoms with Gasteiger partial charge in [0.15, 0.2) is 0 Å². The molecule has 0 spiro atoms. The molecule has 1 aliphatic heterocycles. The number of aliphatic carboxylic acids is 1. The third kappa shape index (κ3) is 3.14. The van der Waals surface area contributed by atoms with Crippen molar-refractivity contribution in [1.82, 2.24) is 5.32 Å². The quantitative estimate of drug-likeness (QED) is 0.628. The standard InChI is InChI=1S/C9H15NO3/c11-6-2-4-7-3-1-5-8(10-7)9(12)13/h6-8,10H,1-5H2,(H,12,13)/t7?,8-/m1/s1. The Kier molecular flexibility index (Phi) is 3.89. The minimum absolute atomic E-state index is 0.208. The molecule has 0 aliphatic carbocycles. The number of carbonyl (C=O) groups excluding carboxylic acids is 1. The second kappa shape index (κ2) is 4.97. The summed E-state index contributed by atoms with van der Waals surface area (Å²) in [4.78, 5) is 20.8. The molecule has 4 nitrogen and oxygen atoms in total. The van der Waals surface area contributed by atoms with Gasteiger partial charge in [0.2, 0.25) is 0 Å². The van der Waals surface area contributed by atoms with Crippen molar-refractivity contribution >= 4 is 12.3 Å². The average molecular weight is 185 g/mol. The maximum Gasteiger partial charge on any atom is 0.320 e. The molecule has 0 bridgehead atoms. The molecule has 2 N–H and O–H groups in total. The molecular weight excluding hydrogens is 170 g/mol. The first-order chi connectivity index (χ1) is 6.24. The first-order valence-corrected chi connectivity index (χ1v) is 4.66. The number of carboxylic acid groups (broad SMARTS) is 1. The number of piperidine rings is 1. The van der Waals surface area contributed by atoms with E-state index in [4.69, 9.17) is 5.11 Å². The summed E-state index contributed by atoms with van der Waals surface area (Å²) in [5, 5.41) is 11.8. The number of hydrogen-bond donors (Lipinski definition) is 2. The van der Waals surface area contributed by atoms with E-state index >= 15 is 0 Å². The smallest absolute Gasteiger partial charge is 0.320 e. The maximum atomic E-state index is 10.6. The van der Waals surface area contributed by atoms with Crippen LogP contribution >= 0.6 is 0 Å². The van der Waals surface area contributed by atoms with Crippen LogP contribution in [0.15, 0.2) is 0 Å². The number of hydrogen-bond acceptors (Lipinski definition) is 3. The van der Waals surface area contributed by atoms with Crippen LogP contribution in [0.1, 0.15) is 32.1 Å². The topological polar surface area (TPSA) is 66.4 Å². The van der Waals surface area contributed by atoms with Gasteiger partial charge >= 0.3 is 5.97 Å². The lowest BCUT2D eigenvalue weighted by molar-refractivity contribution is -0.140. The SMILES string of the molecule is O=CCCC1CCC[C@H](C(=O)O)N1. The van der Waals surface area contributed by atoms with Crippen LogP contribution in [-0.4, -0.2) is 29.4 Å². The van der Waals surface area contributed by atoms with Gasteiger partial charge in [-0.2, -0.15) is 0 Å². The highest BCUT2D eigenvalue weighted by molar-refractivity contribution is 5.73. The molecule has 0 aromatic carbocycles. The van der Waals surface area contributed by atoms with Crippen LogP contribution in [0.3, 0.4) is 0 Å². The molecule has 13 heavy (non-hydrogen) atoms. The Balaban J connectivity index is 2.32. The van der Waals surface area contributed by atoms with Gasteiger partial charge < -0.3 is 15.2 Å². The summed E-state index contributed by atoms with van der Waals surface area (Å²) in [6.07, 6.45) is 4.78. The largest absolute Gasteiger partial charge is 0.480 e. The minimum atomic E-state index is -0.782. The third-order valence-corrected chi connectivity index (χ3v) is 2.41. The Morgan fingerprint density at radius 2 is 2.31 bits per heavy atom. The molecule has 2 atom stereocenters. The Morgan fingerprint density at radius 1 is 1.54 bits per heavy atom. The van der Waals surface area contributed by atoms with E-state index in [2.05, 4.69) is 5.32 Å².